The molecule has 1 aromatic rings. The molecule has 1 aliphatic heterocycles. The predicted molar refractivity (Wildman–Crippen MR) is 84.0 cm³/mol. The van der Waals surface area contributed by atoms with Crippen molar-refractivity contribution in [3.05, 3.63) is 34.9 Å². The fraction of sp³-hybridized carbons (Fsp3) is 0.588. The molecular formula is C17H26N2O2. The van der Waals surface area contributed by atoms with Gasteiger partial charge >= 0.3 is 0 Å². The summed E-state index contributed by atoms with van der Waals surface area (Å²) in [5.41, 5.74) is 9.65. The highest BCUT2D eigenvalue weighted by molar-refractivity contribution is 5.82. The molecule has 0 spiro atoms. The maximum Gasteiger partial charge on any atom is 0.237 e. The summed E-state index contributed by atoms with van der Waals surface area (Å²) >= 11 is 0. The summed E-state index contributed by atoms with van der Waals surface area (Å²) in [6.45, 7) is 7.55. The van der Waals surface area contributed by atoms with Crippen LogP contribution in [0.1, 0.15) is 42.5 Å². The Balaban J connectivity index is 1.97. The average molecular weight is 290 g/mol. The Bertz CT molecular complexity index is 475. The molecule has 0 bridgehead atoms. The van der Waals surface area contributed by atoms with Gasteiger partial charge in [0.15, 0.2) is 0 Å². The highest BCUT2D eigenvalue weighted by atomic mass is 16.5. The summed E-state index contributed by atoms with van der Waals surface area (Å²) in [5, 5.41) is 3.04. The summed E-state index contributed by atoms with van der Waals surface area (Å²) in [5.74, 6) is 0.166. The number of aryl methyl sites for hydroxylation is 2. The van der Waals surface area contributed by atoms with Gasteiger partial charge in [-0.05, 0) is 45.1 Å². The number of carbonyl (C=O) groups is 1. The van der Waals surface area contributed by atoms with Gasteiger partial charge in [-0.2, -0.15) is 0 Å². The van der Waals surface area contributed by atoms with E-state index in [2.05, 4.69) is 37.4 Å². The van der Waals surface area contributed by atoms with Crippen molar-refractivity contribution >= 4 is 5.91 Å². The highest BCUT2D eigenvalue weighted by Crippen LogP contribution is 2.20. The molecule has 3 N–H and O–H groups in total. The van der Waals surface area contributed by atoms with Crippen molar-refractivity contribution in [2.24, 2.45) is 11.7 Å². The fourth-order valence-corrected chi connectivity index (χ4v) is 2.94. The number of hydrogen-bond donors (Lipinski definition) is 2. The smallest absolute Gasteiger partial charge is 0.237 e. The quantitative estimate of drug-likeness (QED) is 0.894. The van der Waals surface area contributed by atoms with Gasteiger partial charge in [0.2, 0.25) is 5.91 Å². The molecule has 2 atom stereocenters. The zero-order valence-corrected chi connectivity index (χ0v) is 13.2. The molecule has 1 saturated heterocycles. The van der Waals surface area contributed by atoms with E-state index in [4.69, 9.17) is 10.5 Å². The van der Waals surface area contributed by atoms with Crippen LogP contribution in [0.5, 0.6) is 0 Å². The number of nitrogens with one attached hydrogen (secondary N) is 1. The zero-order chi connectivity index (χ0) is 15.4. The van der Waals surface area contributed by atoms with Crippen LogP contribution in [-0.2, 0) is 9.53 Å². The second kappa shape index (κ2) is 7.05. The van der Waals surface area contributed by atoms with Crippen LogP contribution in [0, 0.1) is 19.8 Å². The standard InChI is InChI=1S/C17H26N2O2/c1-11-8-12(2)10-15(9-11)13(3)19-17(20)16(18)14-4-6-21-7-5-14/h8-10,13-14,16H,4-7,18H2,1-3H3,(H,19,20). The molecule has 1 heterocycles. The summed E-state index contributed by atoms with van der Waals surface area (Å²) in [7, 11) is 0. The topological polar surface area (TPSA) is 64.4 Å². The molecule has 4 heteroatoms. The van der Waals surface area contributed by atoms with Crippen LogP contribution in [0.25, 0.3) is 0 Å². The van der Waals surface area contributed by atoms with Crippen molar-refractivity contribution in [3.63, 3.8) is 0 Å². The first-order valence-corrected chi connectivity index (χ1v) is 7.69. The number of carbonyl (C=O) groups excluding carboxylic acids is 1. The van der Waals surface area contributed by atoms with E-state index in [-0.39, 0.29) is 17.9 Å². The first-order valence-electron chi connectivity index (χ1n) is 7.69. The molecule has 1 aliphatic rings. The largest absolute Gasteiger partial charge is 0.381 e. The molecule has 0 radical (unpaired) electrons. The number of ether oxygens (including phenoxy) is 1. The molecule has 0 saturated carbocycles. The van der Waals surface area contributed by atoms with Crippen LogP contribution in [-0.4, -0.2) is 25.2 Å². The van der Waals surface area contributed by atoms with Crippen LogP contribution in [0.4, 0.5) is 0 Å². The number of benzene rings is 1. The minimum atomic E-state index is -0.442. The molecule has 2 unspecified atom stereocenters. The lowest BCUT2D eigenvalue weighted by atomic mass is 9.91. The average Bonchev–Trinajstić information content (AvgIpc) is 2.46. The van der Waals surface area contributed by atoms with Gasteiger partial charge in [0.25, 0.3) is 0 Å². The zero-order valence-electron chi connectivity index (χ0n) is 13.2. The first kappa shape index (κ1) is 16.0. The van der Waals surface area contributed by atoms with E-state index in [0.29, 0.717) is 13.2 Å². The Hall–Kier alpha value is -1.39. The van der Waals surface area contributed by atoms with Crippen molar-refractivity contribution < 1.29 is 9.53 Å². The van der Waals surface area contributed by atoms with Crippen LogP contribution < -0.4 is 11.1 Å². The molecule has 21 heavy (non-hydrogen) atoms. The number of amides is 1. The van der Waals surface area contributed by atoms with Crippen LogP contribution >= 0.6 is 0 Å². The maximum absolute atomic E-state index is 12.3. The second-order valence-corrected chi connectivity index (χ2v) is 6.13. The lowest BCUT2D eigenvalue weighted by molar-refractivity contribution is -0.125. The van der Waals surface area contributed by atoms with Gasteiger partial charge < -0.3 is 15.8 Å². The lowest BCUT2D eigenvalue weighted by Crippen LogP contribution is -2.47. The Kier molecular flexibility index (Phi) is 5.37. The molecule has 4 nitrogen and oxygen atoms in total. The molecule has 1 aromatic carbocycles. The minimum Gasteiger partial charge on any atom is -0.381 e. The molecule has 0 aliphatic carbocycles. The summed E-state index contributed by atoms with van der Waals surface area (Å²) in [4.78, 5) is 12.3. The van der Waals surface area contributed by atoms with Gasteiger partial charge in [0.05, 0.1) is 12.1 Å². The normalized spacial score (nSPS) is 19.0. The van der Waals surface area contributed by atoms with Gasteiger partial charge in [0.1, 0.15) is 0 Å². The SMILES string of the molecule is Cc1cc(C)cc(C(C)NC(=O)C(N)C2CCOCC2)c1. The Morgan fingerprint density at radius 1 is 1.24 bits per heavy atom. The first-order chi connectivity index (χ1) is 9.97. The number of hydrogen-bond acceptors (Lipinski definition) is 3. The third-order valence-corrected chi connectivity index (χ3v) is 4.18. The third-order valence-electron chi connectivity index (χ3n) is 4.18. The Morgan fingerprint density at radius 2 is 1.81 bits per heavy atom. The predicted octanol–water partition coefficient (Wildman–Crippen LogP) is 2.23. The summed E-state index contributed by atoms with van der Waals surface area (Å²) in [6.07, 6.45) is 1.74. The monoisotopic (exact) mass is 290 g/mol. The molecule has 2 rings (SSSR count). The van der Waals surface area contributed by atoms with Gasteiger partial charge in [0, 0.05) is 13.2 Å². The van der Waals surface area contributed by atoms with Crippen molar-refractivity contribution in [2.45, 2.75) is 45.7 Å². The van der Waals surface area contributed by atoms with Crippen LogP contribution in [0.2, 0.25) is 0 Å². The van der Waals surface area contributed by atoms with Gasteiger partial charge in [-0.3, -0.25) is 4.79 Å². The molecule has 1 fully saturated rings. The van der Waals surface area contributed by atoms with E-state index in [0.717, 1.165) is 18.4 Å². The van der Waals surface area contributed by atoms with Crippen molar-refractivity contribution in [1.29, 1.82) is 0 Å². The van der Waals surface area contributed by atoms with Crippen LogP contribution in [0.15, 0.2) is 18.2 Å². The molecular weight excluding hydrogens is 264 g/mol. The van der Waals surface area contributed by atoms with Crippen molar-refractivity contribution in [2.75, 3.05) is 13.2 Å². The lowest BCUT2D eigenvalue weighted by Gasteiger charge is -2.28. The van der Waals surface area contributed by atoms with E-state index in [1.807, 2.05) is 6.92 Å². The van der Waals surface area contributed by atoms with Gasteiger partial charge in [-0.15, -0.1) is 0 Å². The number of rotatable bonds is 4. The van der Waals surface area contributed by atoms with Crippen molar-refractivity contribution in [1.82, 2.24) is 5.32 Å². The van der Waals surface area contributed by atoms with Crippen molar-refractivity contribution in [3.8, 4) is 0 Å². The summed E-state index contributed by atoms with van der Waals surface area (Å²) < 4.78 is 5.32. The third kappa shape index (κ3) is 4.29. The molecule has 0 aromatic heterocycles. The van der Waals surface area contributed by atoms with Gasteiger partial charge in [-0.25, -0.2) is 0 Å². The van der Waals surface area contributed by atoms with E-state index in [9.17, 15) is 4.79 Å². The highest BCUT2D eigenvalue weighted by Gasteiger charge is 2.27. The van der Waals surface area contributed by atoms with Crippen LogP contribution in [0.3, 0.4) is 0 Å². The number of nitrogens with two attached hydrogens (primary N) is 1. The fourth-order valence-electron chi connectivity index (χ4n) is 2.94. The maximum atomic E-state index is 12.3. The second-order valence-electron chi connectivity index (χ2n) is 6.13. The van der Waals surface area contributed by atoms with E-state index < -0.39 is 6.04 Å². The van der Waals surface area contributed by atoms with Gasteiger partial charge in [-0.1, -0.05) is 29.3 Å². The minimum absolute atomic E-state index is 0.0259. The van der Waals surface area contributed by atoms with E-state index >= 15 is 0 Å². The molecule has 1 amide bonds. The Morgan fingerprint density at radius 3 is 2.38 bits per heavy atom. The summed E-state index contributed by atoms with van der Waals surface area (Å²) in [6, 6.07) is 5.88. The Labute approximate surface area is 127 Å². The molecule has 116 valence electrons. The van der Waals surface area contributed by atoms with E-state index in [1.54, 1.807) is 0 Å². The van der Waals surface area contributed by atoms with E-state index in [1.165, 1.54) is 11.1 Å².